The molecule has 4 nitrogen and oxygen atoms in total. The van der Waals surface area contributed by atoms with Crippen LogP contribution in [0.4, 0.5) is 4.39 Å². The summed E-state index contributed by atoms with van der Waals surface area (Å²) in [5, 5.41) is 0.612. The van der Waals surface area contributed by atoms with Gasteiger partial charge in [-0.15, -0.1) is 0 Å². The molecule has 3 aromatic rings. The van der Waals surface area contributed by atoms with Gasteiger partial charge in [-0.3, -0.25) is 9.59 Å². The van der Waals surface area contributed by atoms with E-state index in [0.717, 1.165) is 24.0 Å². The van der Waals surface area contributed by atoms with E-state index in [9.17, 15) is 14.0 Å². The Bertz CT molecular complexity index is 1130. The maximum absolute atomic E-state index is 14.1. The van der Waals surface area contributed by atoms with Gasteiger partial charge in [-0.1, -0.05) is 30.3 Å². The van der Waals surface area contributed by atoms with Gasteiger partial charge in [-0.05, 0) is 36.1 Å². The topological polar surface area (TPSA) is 42.3 Å². The summed E-state index contributed by atoms with van der Waals surface area (Å²) < 4.78 is 16.1. The molecule has 0 bridgehead atoms. The van der Waals surface area contributed by atoms with Crippen LogP contribution >= 0.6 is 0 Å². The number of para-hydroxylation sites is 1. The van der Waals surface area contributed by atoms with Gasteiger partial charge in [0.1, 0.15) is 11.4 Å². The number of benzene rings is 2. The third-order valence-corrected chi connectivity index (χ3v) is 5.85. The number of hydrogen-bond donors (Lipinski definition) is 0. The Labute approximate surface area is 155 Å². The van der Waals surface area contributed by atoms with Crippen molar-refractivity contribution in [3.05, 3.63) is 81.4 Å². The van der Waals surface area contributed by atoms with E-state index >= 15 is 0 Å². The number of carbonyl (C=O) groups excluding carboxylic acids is 1. The first-order chi connectivity index (χ1) is 13.1. The minimum atomic E-state index is -0.248. The highest BCUT2D eigenvalue weighted by Crippen LogP contribution is 2.30. The predicted molar refractivity (Wildman–Crippen MR) is 102 cm³/mol. The van der Waals surface area contributed by atoms with Crippen molar-refractivity contribution in [2.45, 2.75) is 25.3 Å². The number of aromatic nitrogens is 1. The molecule has 1 fully saturated rings. The summed E-state index contributed by atoms with van der Waals surface area (Å²) in [6, 6.07) is 12.4. The second-order valence-corrected chi connectivity index (χ2v) is 7.39. The van der Waals surface area contributed by atoms with Crippen LogP contribution in [0.5, 0.6) is 0 Å². The zero-order valence-electron chi connectivity index (χ0n) is 14.8. The third kappa shape index (κ3) is 2.49. The molecule has 5 heteroatoms. The van der Waals surface area contributed by atoms with Crippen LogP contribution in [0.2, 0.25) is 0 Å². The molecule has 0 saturated carbocycles. The number of likely N-dealkylation sites (tertiary alicyclic amines) is 1. The molecule has 5 rings (SSSR count). The number of pyridine rings is 1. The quantitative estimate of drug-likeness (QED) is 0.702. The van der Waals surface area contributed by atoms with Crippen LogP contribution in [-0.2, 0) is 13.0 Å². The average molecular weight is 362 g/mol. The predicted octanol–water partition coefficient (Wildman–Crippen LogP) is 3.33. The largest absolute Gasteiger partial charge is 0.346 e. The molecule has 3 heterocycles. The van der Waals surface area contributed by atoms with E-state index in [2.05, 4.69) is 0 Å². The van der Waals surface area contributed by atoms with E-state index in [0.29, 0.717) is 30.5 Å². The van der Waals surface area contributed by atoms with Crippen molar-refractivity contribution in [3.63, 3.8) is 0 Å². The summed E-state index contributed by atoms with van der Waals surface area (Å²) in [4.78, 5) is 27.7. The number of carbonyl (C=O) groups is 1. The maximum Gasteiger partial charge on any atom is 0.259 e. The molecule has 0 aliphatic carbocycles. The molecular weight excluding hydrogens is 343 g/mol. The third-order valence-electron chi connectivity index (χ3n) is 5.85. The number of aryl methyl sites for hydroxylation is 2. The van der Waals surface area contributed by atoms with E-state index in [-0.39, 0.29) is 28.6 Å². The minimum Gasteiger partial charge on any atom is -0.346 e. The van der Waals surface area contributed by atoms with Crippen molar-refractivity contribution in [2.24, 2.45) is 0 Å². The Balaban J connectivity index is 1.49. The molecule has 1 atom stereocenters. The first-order valence-electron chi connectivity index (χ1n) is 9.32. The smallest absolute Gasteiger partial charge is 0.259 e. The second kappa shape index (κ2) is 6.05. The fraction of sp³-hybridized carbons (Fsp3) is 0.273. The lowest BCUT2D eigenvalue weighted by Crippen LogP contribution is -2.33. The summed E-state index contributed by atoms with van der Waals surface area (Å²) >= 11 is 0. The van der Waals surface area contributed by atoms with Gasteiger partial charge in [0.2, 0.25) is 5.43 Å². The summed E-state index contributed by atoms with van der Waals surface area (Å²) in [5.41, 5.74) is 2.76. The van der Waals surface area contributed by atoms with E-state index < -0.39 is 0 Å². The average Bonchev–Trinajstić information content (AvgIpc) is 3.33. The number of halogens is 1. The molecule has 0 radical (unpaired) electrons. The molecule has 2 aromatic carbocycles. The van der Waals surface area contributed by atoms with Gasteiger partial charge < -0.3 is 9.47 Å². The Morgan fingerprint density at radius 2 is 1.93 bits per heavy atom. The van der Waals surface area contributed by atoms with E-state index in [1.807, 2.05) is 22.8 Å². The number of amides is 1. The molecule has 1 unspecified atom stereocenters. The Kier molecular flexibility index (Phi) is 3.64. The Morgan fingerprint density at radius 1 is 1.07 bits per heavy atom. The monoisotopic (exact) mass is 362 g/mol. The zero-order valence-corrected chi connectivity index (χ0v) is 14.8. The first-order valence-corrected chi connectivity index (χ1v) is 9.32. The van der Waals surface area contributed by atoms with E-state index in [1.54, 1.807) is 29.3 Å². The molecule has 2 aliphatic rings. The maximum atomic E-state index is 14.1. The highest BCUT2D eigenvalue weighted by atomic mass is 19.1. The van der Waals surface area contributed by atoms with Crippen LogP contribution in [0.15, 0.2) is 53.5 Å². The van der Waals surface area contributed by atoms with E-state index in [4.69, 9.17) is 0 Å². The summed E-state index contributed by atoms with van der Waals surface area (Å²) in [6.45, 7) is 1.76. The molecular formula is C22H19FN2O2. The van der Waals surface area contributed by atoms with Gasteiger partial charge in [0.05, 0.1) is 5.52 Å². The van der Waals surface area contributed by atoms with Gasteiger partial charge in [0.15, 0.2) is 0 Å². The lowest BCUT2D eigenvalue weighted by molar-refractivity contribution is 0.0788. The van der Waals surface area contributed by atoms with Crippen LogP contribution < -0.4 is 5.43 Å². The molecule has 0 spiro atoms. The number of hydrogen-bond acceptors (Lipinski definition) is 2. The summed E-state index contributed by atoms with van der Waals surface area (Å²) in [7, 11) is 0. The fourth-order valence-electron chi connectivity index (χ4n) is 4.48. The number of nitrogens with zero attached hydrogens (tertiary/aromatic N) is 2. The van der Waals surface area contributed by atoms with Crippen LogP contribution in [0, 0.1) is 5.82 Å². The lowest BCUT2D eigenvalue weighted by Gasteiger charge is -2.18. The SMILES string of the molecule is O=C(c1cn2c3c(cccc3c1=O)CC2)N1CCC(c2ccccc2F)C1. The number of rotatable bonds is 2. The highest BCUT2D eigenvalue weighted by Gasteiger charge is 2.31. The van der Waals surface area contributed by atoms with Crippen molar-refractivity contribution in [1.29, 1.82) is 0 Å². The first kappa shape index (κ1) is 16.2. The lowest BCUT2D eigenvalue weighted by atomic mass is 9.98. The molecule has 1 amide bonds. The van der Waals surface area contributed by atoms with E-state index in [1.165, 1.54) is 6.07 Å². The normalized spacial score (nSPS) is 18.4. The molecule has 136 valence electrons. The minimum absolute atomic E-state index is 0.0277. The zero-order chi connectivity index (χ0) is 18.5. The van der Waals surface area contributed by atoms with Crippen molar-refractivity contribution < 1.29 is 9.18 Å². The highest BCUT2D eigenvalue weighted by molar-refractivity contribution is 5.98. The van der Waals surface area contributed by atoms with Crippen LogP contribution in [0.3, 0.4) is 0 Å². The van der Waals surface area contributed by atoms with Crippen molar-refractivity contribution in [1.82, 2.24) is 9.47 Å². The van der Waals surface area contributed by atoms with Gasteiger partial charge >= 0.3 is 0 Å². The van der Waals surface area contributed by atoms with Gasteiger partial charge in [0.25, 0.3) is 5.91 Å². The molecule has 0 N–H and O–H groups in total. The van der Waals surface area contributed by atoms with Crippen LogP contribution in [0.25, 0.3) is 10.9 Å². The van der Waals surface area contributed by atoms with Crippen molar-refractivity contribution in [2.75, 3.05) is 13.1 Å². The Hall–Kier alpha value is -2.95. The summed E-state index contributed by atoms with van der Waals surface area (Å²) in [6.07, 6.45) is 3.30. The fourth-order valence-corrected chi connectivity index (χ4v) is 4.48. The van der Waals surface area contributed by atoms with Gasteiger partial charge in [-0.2, -0.15) is 0 Å². The second-order valence-electron chi connectivity index (χ2n) is 7.39. The Morgan fingerprint density at radius 3 is 2.78 bits per heavy atom. The van der Waals surface area contributed by atoms with Crippen LogP contribution in [-0.4, -0.2) is 28.5 Å². The van der Waals surface area contributed by atoms with Crippen molar-refractivity contribution in [3.8, 4) is 0 Å². The van der Waals surface area contributed by atoms with Crippen molar-refractivity contribution >= 4 is 16.8 Å². The molecule has 2 aliphatic heterocycles. The van der Waals surface area contributed by atoms with Gasteiger partial charge in [0, 0.05) is 37.1 Å². The van der Waals surface area contributed by atoms with Crippen LogP contribution in [0.1, 0.15) is 33.8 Å². The molecule has 1 saturated heterocycles. The molecule has 27 heavy (non-hydrogen) atoms. The summed E-state index contributed by atoms with van der Waals surface area (Å²) in [5.74, 6) is -0.509. The van der Waals surface area contributed by atoms with Gasteiger partial charge in [-0.25, -0.2) is 4.39 Å². The standard InChI is InChI=1S/C22H19FN2O2/c23-19-7-2-1-5-16(19)15-9-11-25(12-15)22(27)18-13-24-10-8-14-4-3-6-17(20(14)24)21(18)26/h1-7,13,15H,8-12H2. The molecule has 1 aromatic heterocycles.